The summed E-state index contributed by atoms with van der Waals surface area (Å²) < 4.78 is 4.70. The number of ether oxygens (including phenoxy) is 1. The van der Waals surface area contributed by atoms with E-state index >= 15 is 0 Å². The van der Waals surface area contributed by atoms with Crippen LogP contribution in [0.25, 0.3) is 0 Å². The van der Waals surface area contributed by atoms with Gasteiger partial charge >= 0.3 is 12.0 Å². The van der Waals surface area contributed by atoms with Crippen LogP contribution in [0, 0.1) is 0 Å². The third-order valence-electron chi connectivity index (χ3n) is 3.76. The van der Waals surface area contributed by atoms with E-state index in [0.29, 0.717) is 18.7 Å². The van der Waals surface area contributed by atoms with Crippen molar-refractivity contribution < 1.29 is 14.3 Å². The molecule has 2 amide bonds. The number of anilines is 1. The maximum Gasteiger partial charge on any atom is 0.337 e. The number of nitrogens with zero attached hydrogens (tertiary/aromatic N) is 2. The number of hydrogen-bond donors (Lipinski definition) is 1. The van der Waals surface area contributed by atoms with E-state index in [1.54, 1.807) is 12.1 Å². The molecule has 1 N–H and O–H groups in total. The zero-order valence-corrected chi connectivity index (χ0v) is 13.2. The van der Waals surface area contributed by atoms with Crippen LogP contribution >= 0.6 is 0 Å². The summed E-state index contributed by atoms with van der Waals surface area (Å²) >= 11 is 0. The number of rotatable bonds is 3. The van der Waals surface area contributed by atoms with Gasteiger partial charge in [0.05, 0.1) is 12.7 Å². The molecule has 1 fully saturated rings. The average molecular weight is 305 g/mol. The third-order valence-corrected chi connectivity index (χ3v) is 3.76. The molecule has 2 rings (SSSR count). The topological polar surface area (TPSA) is 61.9 Å². The second kappa shape index (κ2) is 7.68. The summed E-state index contributed by atoms with van der Waals surface area (Å²) in [5, 5.41) is 2.84. The maximum absolute atomic E-state index is 11.9. The lowest BCUT2D eigenvalue weighted by atomic mass is 10.2. The fraction of sp³-hybridized carbons (Fsp3) is 0.500. The SMILES string of the molecule is CCNC(=O)N1CCCN(c2ccc(C(=O)OC)cc2)CC1. The molecule has 1 aliphatic heterocycles. The number of esters is 1. The molecule has 0 atom stereocenters. The van der Waals surface area contributed by atoms with Crippen LogP contribution < -0.4 is 10.2 Å². The third kappa shape index (κ3) is 3.90. The first-order valence-electron chi connectivity index (χ1n) is 7.61. The summed E-state index contributed by atoms with van der Waals surface area (Å²) in [5.74, 6) is -0.329. The number of hydrogen-bond acceptors (Lipinski definition) is 4. The molecule has 22 heavy (non-hydrogen) atoms. The molecule has 1 aliphatic rings. The Morgan fingerprint density at radius 3 is 2.50 bits per heavy atom. The van der Waals surface area contributed by atoms with Crippen LogP contribution in [0.5, 0.6) is 0 Å². The standard InChI is InChI=1S/C16H23N3O3/c1-3-17-16(21)19-10-4-9-18(11-12-19)14-7-5-13(6-8-14)15(20)22-2/h5-8H,3-4,9-12H2,1-2H3,(H,17,21). The predicted octanol–water partition coefficient (Wildman–Crippen LogP) is 1.71. The number of methoxy groups -OCH3 is 1. The van der Waals surface area contributed by atoms with Crippen molar-refractivity contribution >= 4 is 17.7 Å². The molecule has 1 aromatic carbocycles. The number of urea groups is 1. The summed E-state index contributed by atoms with van der Waals surface area (Å²) in [6, 6.07) is 7.40. The van der Waals surface area contributed by atoms with Gasteiger partial charge in [-0.15, -0.1) is 0 Å². The summed E-state index contributed by atoms with van der Waals surface area (Å²) in [7, 11) is 1.38. The van der Waals surface area contributed by atoms with Gasteiger partial charge in [0.2, 0.25) is 0 Å². The zero-order chi connectivity index (χ0) is 15.9. The van der Waals surface area contributed by atoms with Crippen molar-refractivity contribution in [3.8, 4) is 0 Å². The van der Waals surface area contributed by atoms with Crippen LogP contribution in [0.4, 0.5) is 10.5 Å². The van der Waals surface area contributed by atoms with E-state index in [1.807, 2.05) is 24.0 Å². The highest BCUT2D eigenvalue weighted by Gasteiger charge is 2.19. The molecule has 0 aliphatic carbocycles. The van der Waals surface area contributed by atoms with E-state index in [0.717, 1.165) is 31.7 Å². The Kier molecular flexibility index (Phi) is 5.63. The van der Waals surface area contributed by atoms with E-state index < -0.39 is 0 Å². The predicted molar refractivity (Wildman–Crippen MR) is 85.3 cm³/mol. The minimum absolute atomic E-state index is 0.00499. The molecule has 0 bridgehead atoms. The van der Waals surface area contributed by atoms with Crippen molar-refractivity contribution in [3.05, 3.63) is 29.8 Å². The van der Waals surface area contributed by atoms with E-state index in [2.05, 4.69) is 10.2 Å². The van der Waals surface area contributed by atoms with Gasteiger partial charge in [-0.3, -0.25) is 0 Å². The molecule has 1 saturated heterocycles. The van der Waals surface area contributed by atoms with Crippen molar-refractivity contribution in [3.63, 3.8) is 0 Å². The number of benzene rings is 1. The summed E-state index contributed by atoms with van der Waals surface area (Å²) in [6.45, 7) is 5.72. The lowest BCUT2D eigenvalue weighted by Crippen LogP contribution is -2.41. The number of nitrogens with one attached hydrogen (secondary N) is 1. The highest BCUT2D eigenvalue weighted by molar-refractivity contribution is 5.89. The van der Waals surface area contributed by atoms with E-state index in [-0.39, 0.29) is 12.0 Å². The van der Waals surface area contributed by atoms with Gasteiger partial charge in [0.15, 0.2) is 0 Å². The van der Waals surface area contributed by atoms with Gasteiger partial charge in [-0.05, 0) is 37.6 Å². The molecule has 0 aromatic heterocycles. The minimum atomic E-state index is -0.329. The van der Waals surface area contributed by atoms with Gasteiger partial charge in [0.1, 0.15) is 0 Å². The molecule has 1 heterocycles. The number of carbonyl (C=O) groups is 2. The van der Waals surface area contributed by atoms with Crippen molar-refractivity contribution in [2.45, 2.75) is 13.3 Å². The molecular formula is C16H23N3O3. The van der Waals surface area contributed by atoms with Crippen molar-refractivity contribution in [1.29, 1.82) is 0 Å². The quantitative estimate of drug-likeness (QED) is 0.864. The first kappa shape index (κ1) is 16.1. The second-order valence-electron chi connectivity index (χ2n) is 5.20. The lowest BCUT2D eigenvalue weighted by molar-refractivity contribution is 0.0600. The monoisotopic (exact) mass is 305 g/mol. The molecule has 0 saturated carbocycles. The Labute approximate surface area is 131 Å². The largest absolute Gasteiger partial charge is 0.465 e. The van der Waals surface area contributed by atoms with Crippen LogP contribution in [0.15, 0.2) is 24.3 Å². The van der Waals surface area contributed by atoms with Crippen LogP contribution in [0.3, 0.4) is 0 Å². The Morgan fingerprint density at radius 2 is 1.86 bits per heavy atom. The van der Waals surface area contributed by atoms with Gasteiger partial charge in [-0.25, -0.2) is 9.59 Å². The molecule has 0 unspecified atom stereocenters. The lowest BCUT2D eigenvalue weighted by Gasteiger charge is -2.24. The van der Waals surface area contributed by atoms with Gasteiger partial charge < -0.3 is 19.9 Å². The van der Waals surface area contributed by atoms with Crippen LogP contribution in [0.2, 0.25) is 0 Å². The molecule has 120 valence electrons. The molecule has 0 spiro atoms. The normalized spacial score (nSPS) is 15.2. The summed E-state index contributed by atoms with van der Waals surface area (Å²) in [6.07, 6.45) is 0.926. The Balaban J connectivity index is 1.99. The average Bonchev–Trinajstić information content (AvgIpc) is 2.80. The Hall–Kier alpha value is -2.24. The summed E-state index contributed by atoms with van der Waals surface area (Å²) in [4.78, 5) is 27.4. The minimum Gasteiger partial charge on any atom is -0.465 e. The van der Waals surface area contributed by atoms with Gasteiger partial charge in [-0.2, -0.15) is 0 Å². The Bertz CT molecular complexity index is 516. The Morgan fingerprint density at radius 1 is 1.14 bits per heavy atom. The zero-order valence-electron chi connectivity index (χ0n) is 13.2. The summed E-state index contributed by atoms with van der Waals surface area (Å²) in [5.41, 5.74) is 1.61. The maximum atomic E-state index is 11.9. The van der Waals surface area contributed by atoms with Crippen molar-refractivity contribution in [2.75, 3.05) is 44.7 Å². The van der Waals surface area contributed by atoms with Gasteiger partial charge in [0.25, 0.3) is 0 Å². The number of amides is 2. The highest BCUT2D eigenvalue weighted by atomic mass is 16.5. The molecule has 6 nitrogen and oxygen atoms in total. The van der Waals surface area contributed by atoms with Crippen molar-refractivity contribution in [1.82, 2.24) is 10.2 Å². The van der Waals surface area contributed by atoms with E-state index in [4.69, 9.17) is 4.74 Å². The van der Waals surface area contributed by atoms with E-state index in [1.165, 1.54) is 7.11 Å². The second-order valence-corrected chi connectivity index (χ2v) is 5.20. The van der Waals surface area contributed by atoms with Crippen LogP contribution in [-0.4, -0.2) is 56.7 Å². The highest BCUT2D eigenvalue weighted by Crippen LogP contribution is 2.18. The number of carbonyl (C=O) groups excluding carboxylic acids is 2. The molecule has 0 radical (unpaired) electrons. The van der Waals surface area contributed by atoms with Crippen LogP contribution in [0.1, 0.15) is 23.7 Å². The molecular weight excluding hydrogens is 282 g/mol. The first-order valence-corrected chi connectivity index (χ1v) is 7.61. The molecule has 1 aromatic rings. The fourth-order valence-corrected chi connectivity index (χ4v) is 2.57. The van der Waals surface area contributed by atoms with Gasteiger partial charge in [0, 0.05) is 38.4 Å². The van der Waals surface area contributed by atoms with Gasteiger partial charge in [-0.1, -0.05) is 0 Å². The molecule has 6 heteroatoms. The smallest absolute Gasteiger partial charge is 0.337 e. The first-order chi connectivity index (χ1) is 10.7. The van der Waals surface area contributed by atoms with Crippen LogP contribution in [-0.2, 0) is 4.74 Å². The van der Waals surface area contributed by atoms with Crippen molar-refractivity contribution in [2.24, 2.45) is 0 Å². The fourth-order valence-electron chi connectivity index (χ4n) is 2.57. The van der Waals surface area contributed by atoms with E-state index in [9.17, 15) is 9.59 Å².